The quantitative estimate of drug-likeness (QED) is 0.625. The van der Waals surface area contributed by atoms with Crippen molar-refractivity contribution in [1.82, 2.24) is 4.98 Å². The Hall–Kier alpha value is -1.00. The maximum atomic E-state index is 11.7. The monoisotopic (exact) mass is 262 g/mol. The molecule has 0 aliphatic carbocycles. The number of aromatic nitrogens is 1. The van der Waals surface area contributed by atoms with E-state index >= 15 is 0 Å². The zero-order valence-corrected chi connectivity index (χ0v) is 10.7. The fourth-order valence-electron chi connectivity index (χ4n) is 0.976. The average molecular weight is 263 g/mol. The van der Waals surface area contributed by atoms with Crippen molar-refractivity contribution in [3.63, 3.8) is 0 Å². The van der Waals surface area contributed by atoms with Crippen LogP contribution < -0.4 is 5.73 Å². The number of esters is 1. The molecule has 6 heteroatoms. The van der Waals surface area contributed by atoms with E-state index in [0.717, 1.165) is 0 Å². The number of nitrogens with zero attached hydrogens (tertiary/aromatic N) is 1. The van der Waals surface area contributed by atoms with Gasteiger partial charge in [-0.2, -0.15) is 0 Å². The first-order valence-corrected chi connectivity index (χ1v) is 5.31. The molecule has 0 spiro atoms. The van der Waals surface area contributed by atoms with Gasteiger partial charge in [-0.05, 0) is 26.8 Å². The fourth-order valence-corrected chi connectivity index (χ4v) is 1.27. The number of carbonyl (C=O) groups excluding carboxylic acids is 1. The predicted molar refractivity (Wildman–Crippen MR) is 63.8 cm³/mol. The van der Waals surface area contributed by atoms with Gasteiger partial charge < -0.3 is 10.5 Å². The van der Waals surface area contributed by atoms with E-state index in [1.165, 1.54) is 6.07 Å². The van der Waals surface area contributed by atoms with Crippen LogP contribution in [0.5, 0.6) is 0 Å². The van der Waals surface area contributed by atoms with Crippen molar-refractivity contribution < 1.29 is 9.53 Å². The Labute approximate surface area is 104 Å². The molecule has 2 N–H and O–H groups in total. The van der Waals surface area contributed by atoms with Gasteiger partial charge in [-0.25, -0.2) is 9.78 Å². The Morgan fingerprint density at radius 2 is 2.00 bits per heavy atom. The van der Waals surface area contributed by atoms with Gasteiger partial charge in [-0.1, -0.05) is 23.2 Å². The molecule has 0 saturated heterocycles. The maximum absolute atomic E-state index is 11.7. The molecule has 0 aromatic carbocycles. The number of hydrogen-bond donors (Lipinski definition) is 1. The van der Waals surface area contributed by atoms with Gasteiger partial charge in [0.1, 0.15) is 22.1 Å². The van der Waals surface area contributed by atoms with E-state index in [2.05, 4.69) is 4.98 Å². The Morgan fingerprint density at radius 1 is 1.44 bits per heavy atom. The summed E-state index contributed by atoms with van der Waals surface area (Å²) in [6, 6.07) is 1.35. The summed E-state index contributed by atoms with van der Waals surface area (Å²) < 4.78 is 5.14. The smallest absolute Gasteiger partial charge is 0.342 e. The van der Waals surface area contributed by atoms with Gasteiger partial charge in [-0.3, -0.25) is 0 Å². The Balaban J connectivity index is 3.05. The van der Waals surface area contributed by atoms with Crippen molar-refractivity contribution >= 4 is 35.0 Å². The lowest BCUT2D eigenvalue weighted by Gasteiger charge is -2.19. The number of carbonyl (C=O) groups is 1. The van der Waals surface area contributed by atoms with Crippen molar-refractivity contribution in [2.24, 2.45) is 0 Å². The number of nitrogens with two attached hydrogens (primary N) is 1. The van der Waals surface area contributed by atoms with Gasteiger partial charge >= 0.3 is 5.97 Å². The predicted octanol–water partition coefficient (Wildman–Crippen LogP) is 2.93. The van der Waals surface area contributed by atoms with Crippen LogP contribution in [0.3, 0.4) is 0 Å². The third-order valence-corrected chi connectivity index (χ3v) is 2.25. The number of hydrogen-bond acceptors (Lipinski definition) is 4. The zero-order valence-electron chi connectivity index (χ0n) is 9.17. The van der Waals surface area contributed by atoms with Crippen molar-refractivity contribution in [1.29, 1.82) is 0 Å². The molecule has 0 aliphatic rings. The van der Waals surface area contributed by atoms with E-state index in [1.54, 1.807) is 20.8 Å². The molecule has 0 radical (unpaired) electrons. The molecule has 1 rings (SSSR count). The molecule has 4 nitrogen and oxygen atoms in total. The summed E-state index contributed by atoms with van der Waals surface area (Å²) in [5, 5.41) is 0.225. The highest BCUT2D eigenvalue weighted by molar-refractivity contribution is 6.41. The van der Waals surface area contributed by atoms with Gasteiger partial charge in [0.2, 0.25) is 0 Å². The molecule has 1 heterocycles. The lowest BCUT2D eigenvalue weighted by Crippen LogP contribution is -2.24. The van der Waals surface area contributed by atoms with Crippen LogP contribution in [0.25, 0.3) is 0 Å². The normalized spacial score (nSPS) is 11.3. The summed E-state index contributed by atoms with van der Waals surface area (Å²) in [6.45, 7) is 5.27. The SMILES string of the molecule is CC(C)(C)OC(=O)c1cc(Cl)c(Cl)nc1N. The molecular weight excluding hydrogens is 251 g/mol. The maximum Gasteiger partial charge on any atom is 0.342 e. The minimum absolute atomic E-state index is 0.00338. The first-order chi connectivity index (χ1) is 7.20. The van der Waals surface area contributed by atoms with Crippen molar-refractivity contribution in [2.45, 2.75) is 26.4 Å². The minimum atomic E-state index is -0.602. The molecule has 88 valence electrons. The van der Waals surface area contributed by atoms with Crippen LogP contribution in [0.2, 0.25) is 10.2 Å². The number of rotatable bonds is 1. The largest absolute Gasteiger partial charge is 0.456 e. The molecule has 0 saturated carbocycles. The number of nitrogen functional groups attached to an aromatic ring is 1. The molecule has 1 aromatic rings. The molecule has 0 amide bonds. The number of anilines is 1. The number of halogens is 2. The van der Waals surface area contributed by atoms with Gasteiger partial charge in [-0.15, -0.1) is 0 Å². The number of pyridine rings is 1. The van der Waals surface area contributed by atoms with E-state index in [1.807, 2.05) is 0 Å². The topological polar surface area (TPSA) is 65.2 Å². The Morgan fingerprint density at radius 3 is 2.50 bits per heavy atom. The minimum Gasteiger partial charge on any atom is -0.456 e. The second-order valence-electron chi connectivity index (χ2n) is 4.20. The average Bonchev–Trinajstić information content (AvgIpc) is 2.08. The lowest BCUT2D eigenvalue weighted by atomic mass is 10.2. The summed E-state index contributed by atoms with van der Waals surface area (Å²) in [6.07, 6.45) is 0. The third-order valence-electron chi connectivity index (χ3n) is 1.58. The first-order valence-electron chi connectivity index (χ1n) is 4.55. The standard InChI is InChI=1S/C10H12Cl2N2O2/c1-10(2,3)16-9(15)5-4-6(11)7(12)14-8(5)13/h4H,1-3H3,(H2,13,14). The summed E-state index contributed by atoms with van der Waals surface area (Å²) in [7, 11) is 0. The highest BCUT2D eigenvalue weighted by atomic mass is 35.5. The van der Waals surface area contributed by atoms with Crippen LogP contribution in [0.1, 0.15) is 31.1 Å². The molecule has 0 unspecified atom stereocenters. The van der Waals surface area contributed by atoms with Crippen LogP contribution in [0.4, 0.5) is 5.82 Å². The highest BCUT2D eigenvalue weighted by Crippen LogP contribution is 2.25. The van der Waals surface area contributed by atoms with Gasteiger partial charge in [0, 0.05) is 0 Å². The second-order valence-corrected chi connectivity index (χ2v) is 4.96. The molecular formula is C10H12Cl2N2O2. The Bertz CT molecular complexity index is 428. The van der Waals surface area contributed by atoms with Gasteiger partial charge in [0.25, 0.3) is 0 Å². The van der Waals surface area contributed by atoms with E-state index in [9.17, 15) is 4.79 Å². The lowest BCUT2D eigenvalue weighted by molar-refractivity contribution is 0.00705. The highest BCUT2D eigenvalue weighted by Gasteiger charge is 2.21. The van der Waals surface area contributed by atoms with Crippen LogP contribution in [-0.4, -0.2) is 16.6 Å². The summed E-state index contributed by atoms with van der Waals surface area (Å²) in [5.74, 6) is -0.570. The first kappa shape index (κ1) is 13.1. The van der Waals surface area contributed by atoms with Crippen LogP contribution >= 0.6 is 23.2 Å². The van der Waals surface area contributed by atoms with Crippen LogP contribution in [0, 0.1) is 0 Å². The zero-order chi connectivity index (χ0) is 12.5. The van der Waals surface area contributed by atoms with E-state index in [0.29, 0.717) is 0 Å². The summed E-state index contributed by atoms with van der Waals surface area (Å²) in [4.78, 5) is 15.4. The molecule has 0 aliphatic heterocycles. The fraction of sp³-hybridized carbons (Fsp3) is 0.400. The van der Waals surface area contributed by atoms with Crippen molar-refractivity contribution in [3.05, 3.63) is 21.8 Å². The van der Waals surface area contributed by atoms with Crippen molar-refractivity contribution in [3.8, 4) is 0 Å². The molecule has 1 aromatic heterocycles. The van der Waals surface area contributed by atoms with Crippen LogP contribution in [-0.2, 0) is 4.74 Å². The van der Waals surface area contributed by atoms with Gasteiger partial charge in [0.05, 0.1) is 5.02 Å². The Kier molecular flexibility index (Phi) is 3.65. The molecule has 0 fully saturated rings. The molecule has 0 bridgehead atoms. The molecule has 16 heavy (non-hydrogen) atoms. The summed E-state index contributed by atoms with van der Waals surface area (Å²) >= 11 is 11.4. The second kappa shape index (κ2) is 4.47. The van der Waals surface area contributed by atoms with E-state index in [-0.39, 0.29) is 21.6 Å². The van der Waals surface area contributed by atoms with E-state index < -0.39 is 11.6 Å². The third kappa shape index (κ3) is 3.25. The van der Waals surface area contributed by atoms with Crippen LogP contribution in [0.15, 0.2) is 6.07 Å². The molecule has 0 atom stereocenters. The van der Waals surface area contributed by atoms with Gasteiger partial charge in [0.15, 0.2) is 0 Å². The summed E-state index contributed by atoms with van der Waals surface area (Å²) in [5.41, 5.74) is 5.07. The number of ether oxygens (including phenoxy) is 1. The van der Waals surface area contributed by atoms with E-state index in [4.69, 9.17) is 33.7 Å². The van der Waals surface area contributed by atoms with Crippen molar-refractivity contribution in [2.75, 3.05) is 5.73 Å².